The molecule has 0 aromatic heterocycles. The topological polar surface area (TPSA) is 64.1 Å². The predicted molar refractivity (Wildman–Crippen MR) is 73.2 cm³/mol. The first-order chi connectivity index (χ1) is 8.86. The number of aliphatic carboxylic acids is 1. The molecule has 2 unspecified atom stereocenters. The molecule has 6 heteroatoms. The summed E-state index contributed by atoms with van der Waals surface area (Å²) in [6.45, 7) is 7.67. The maximum Gasteiger partial charge on any atom is 0.323 e. The summed E-state index contributed by atoms with van der Waals surface area (Å²) in [6.07, 6.45) is 0.762. The number of carbonyl (C=O) groups excluding carboxylic acids is 1. The molecular weight excluding hydrogens is 246 g/mol. The summed E-state index contributed by atoms with van der Waals surface area (Å²) in [7, 11) is 2.05. The van der Waals surface area contributed by atoms with E-state index < -0.39 is 5.97 Å². The molecule has 0 saturated carbocycles. The molecule has 1 fully saturated rings. The first-order valence-corrected chi connectivity index (χ1v) is 6.84. The Hall–Kier alpha value is -1.30. The van der Waals surface area contributed by atoms with Gasteiger partial charge in [0.05, 0.1) is 0 Å². The van der Waals surface area contributed by atoms with Crippen molar-refractivity contribution in [3.8, 4) is 0 Å². The summed E-state index contributed by atoms with van der Waals surface area (Å²) < 4.78 is 0. The number of hydrogen-bond acceptors (Lipinski definition) is 3. The van der Waals surface area contributed by atoms with E-state index in [1.165, 1.54) is 4.90 Å². The minimum Gasteiger partial charge on any atom is -0.480 e. The largest absolute Gasteiger partial charge is 0.480 e. The molecule has 2 atom stereocenters. The van der Waals surface area contributed by atoms with Crippen LogP contribution in [0.3, 0.4) is 0 Å². The van der Waals surface area contributed by atoms with Gasteiger partial charge in [0.25, 0.3) is 0 Å². The van der Waals surface area contributed by atoms with E-state index in [1.807, 2.05) is 6.92 Å². The first kappa shape index (κ1) is 15.8. The van der Waals surface area contributed by atoms with E-state index in [0.717, 1.165) is 6.42 Å². The van der Waals surface area contributed by atoms with Crippen molar-refractivity contribution in [3.63, 3.8) is 0 Å². The number of carboxylic acid groups (broad SMARTS) is 1. The number of urea groups is 1. The zero-order chi connectivity index (χ0) is 14.6. The predicted octanol–water partition coefficient (Wildman–Crippen LogP) is 0.927. The monoisotopic (exact) mass is 271 g/mol. The Kier molecular flexibility index (Phi) is 5.60. The molecule has 0 bridgehead atoms. The summed E-state index contributed by atoms with van der Waals surface area (Å²) in [5, 5.41) is 8.88. The van der Waals surface area contributed by atoms with Gasteiger partial charge < -0.3 is 14.9 Å². The highest BCUT2D eigenvalue weighted by Gasteiger charge is 2.31. The van der Waals surface area contributed by atoms with Crippen molar-refractivity contribution >= 4 is 12.0 Å². The summed E-state index contributed by atoms with van der Waals surface area (Å²) in [5.41, 5.74) is 0. The normalized spacial score (nSPS) is 24.3. The Morgan fingerprint density at radius 2 is 1.79 bits per heavy atom. The number of hydrogen-bond donors (Lipinski definition) is 1. The first-order valence-electron chi connectivity index (χ1n) is 6.84. The van der Waals surface area contributed by atoms with E-state index in [-0.39, 0.29) is 12.6 Å². The molecule has 2 amide bonds. The molecule has 1 aliphatic rings. The third-order valence-electron chi connectivity index (χ3n) is 3.72. The van der Waals surface area contributed by atoms with Gasteiger partial charge in [-0.2, -0.15) is 0 Å². The maximum atomic E-state index is 12.4. The van der Waals surface area contributed by atoms with E-state index in [2.05, 4.69) is 25.8 Å². The lowest BCUT2D eigenvalue weighted by molar-refractivity contribution is -0.137. The van der Waals surface area contributed by atoms with Crippen LogP contribution in [0.4, 0.5) is 4.79 Å². The quantitative estimate of drug-likeness (QED) is 0.826. The van der Waals surface area contributed by atoms with Crippen molar-refractivity contribution in [2.45, 2.75) is 39.3 Å². The van der Waals surface area contributed by atoms with E-state index in [1.54, 1.807) is 4.90 Å². The Morgan fingerprint density at radius 3 is 2.21 bits per heavy atom. The Labute approximate surface area is 115 Å². The smallest absolute Gasteiger partial charge is 0.323 e. The van der Waals surface area contributed by atoms with Crippen molar-refractivity contribution in [3.05, 3.63) is 0 Å². The summed E-state index contributed by atoms with van der Waals surface area (Å²) >= 11 is 0. The Bertz CT molecular complexity index is 323. The standard InChI is InChI=1S/C13H25N3O3/c1-5-6-15(9-12(17)18)13(19)16-7-10(2)14(4)11(3)8-16/h10-11H,5-9H2,1-4H3,(H,17,18). The molecule has 0 radical (unpaired) electrons. The van der Waals surface area contributed by atoms with Gasteiger partial charge in [-0.3, -0.25) is 9.69 Å². The van der Waals surface area contributed by atoms with Crippen molar-refractivity contribution in [2.24, 2.45) is 0 Å². The van der Waals surface area contributed by atoms with Crippen LogP contribution >= 0.6 is 0 Å². The number of carboxylic acids is 1. The Morgan fingerprint density at radius 1 is 1.26 bits per heavy atom. The lowest BCUT2D eigenvalue weighted by Gasteiger charge is -2.43. The number of piperazine rings is 1. The molecule has 110 valence electrons. The van der Waals surface area contributed by atoms with Crippen molar-refractivity contribution in [2.75, 3.05) is 33.2 Å². The van der Waals surface area contributed by atoms with Crippen LogP contribution in [0.2, 0.25) is 0 Å². The van der Waals surface area contributed by atoms with Gasteiger partial charge in [-0.1, -0.05) is 6.92 Å². The second-order valence-corrected chi connectivity index (χ2v) is 5.37. The van der Waals surface area contributed by atoms with Crippen molar-refractivity contribution < 1.29 is 14.7 Å². The van der Waals surface area contributed by atoms with Crippen LogP contribution in [-0.2, 0) is 4.79 Å². The Balaban J connectivity index is 2.71. The molecule has 6 nitrogen and oxygen atoms in total. The van der Waals surface area contributed by atoms with Gasteiger partial charge in [-0.25, -0.2) is 4.79 Å². The molecule has 1 rings (SSSR count). The molecule has 1 aliphatic heterocycles. The van der Waals surface area contributed by atoms with E-state index in [4.69, 9.17) is 5.11 Å². The number of nitrogens with zero attached hydrogens (tertiary/aromatic N) is 3. The van der Waals surface area contributed by atoms with Crippen LogP contribution in [0.25, 0.3) is 0 Å². The fourth-order valence-corrected chi connectivity index (χ4v) is 2.44. The minimum absolute atomic E-state index is 0.156. The number of amides is 2. The maximum absolute atomic E-state index is 12.4. The van der Waals surface area contributed by atoms with Crippen LogP contribution in [0.15, 0.2) is 0 Å². The van der Waals surface area contributed by atoms with Crippen LogP contribution in [0.5, 0.6) is 0 Å². The second kappa shape index (κ2) is 6.75. The molecular formula is C13H25N3O3. The molecule has 1 N–H and O–H groups in total. The number of likely N-dealkylation sites (N-methyl/N-ethyl adjacent to an activating group) is 1. The highest BCUT2D eigenvalue weighted by molar-refractivity contribution is 5.80. The van der Waals surface area contributed by atoms with Crippen LogP contribution in [-0.4, -0.2) is 77.1 Å². The zero-order valence-electron chi connectivity index (χ0n) is 12.3. The summed E-state index contributed by atoms with van der Waals surface area (Å²) in [6, 6.07) is 0.429. The SMILES string of the molecule is CCCN(CC(=O)O)C(=O)N1CC(C)N(C)C(C)C1. The van der Waals surface area contributed by atoms with Crippen LogP contribution < -0.4 is 0 Å². The van der Waals surface area contributed by atoms with Gasteiger partial charge in [-0.05, 0) is 27.3 Å². The molecule has 19 heavy (non-hydrogen) atoms. The molecule has 1 heterocycles. The van der Waals surface area contributed by atoms with Gasteiger partial charge in [-0.15, -0.1) is 0 Å². The van der Waals surface area contributed by atoms with E-state index in [9.17, 15) is 9.59 Å². The van der Waals surface area contributed by atoms with Gasteiger partial charge in [0.2, 0.25) is 0 Å². The molecule has 0 aromatic rings. The summed E-state index contributed by atoms with van der Waals surface area (Å²) in [4.78, 5) is 28.7. The van der Waals surface area contributed by atoms with Crippen LogP contribution in [0, 0.1) is 0 Å². The van der Waals surface area contributed by atoms with Crippen LogP contribution in [0.1, 0.15) is 27.2 Å². The van der Waals surface area contributed by atoms with Gasteiger partial charge >= 0.3 is 12.0 Å². The van der Waals surface area contributed by atoms with E-state index in [0.29, 0.717) is 31.7 Å². The molecule has 0 spiro atoms. The van der Waals surface area contributed by atoms with Gasteiger partial charge in [0.1, 0.15) is 6.54 Å². The number of rotatable bonds is 4. The third-order valence-corrected chi connectivity index (χ3v) is 3.72. The fraction of sp³-hybridized carbons (Fsp3) is 0.846. The third kappa shape index (κ3) is 4.09. The lowest BCUT2D eigenvalue weighted by atomic mass is 10.1. The summed E-state index contributed by atoms with van der Waals surface area (Å²) in [5.74, 6) is -0.961. The van der Waals surface area contributed by atoms with E-state index >= 15 is 0 Å². The average molecular weight is 271 g/mol. The van der Waals surface area contributed by atoms with Crippen molar-refractivity contribution in [1.82, 2.24) is 14.7 Å². The lowest BCUT2D eigenvalue weighted by Crippen LogP contribution is -2.59. The molecule has 0 aromatic carbocycles. The second-order valence-electron chi connectivity index (χ2n) is 5.37. The van der Waals surface area contributed by atoms with Gasteiger partial charge in [0.15, 0.2) is 0 Å². The fourth-order valence-electron chi connectivity index (χ4n) is 2.44. The highest BCUT2D eigenvalue weighted by atomic mass is 16.4. The zero-order valence-corrected chi connectivity index (χ0v) is 12.3. The van der Waals surface area contributed by atoms with Gasteiger partial charge in [0, 0.05) is 31.7 Å². The molecule has 0 aliphatic carbocycles. The highest BCUT2D eigenvalue weighted by Crippen LogP contribution is 2.15. The van der Waals surface area contributed by atoms with Crippen molar-refractivity contribution in [1.29, 1.82) is 0 Å². The number of carbonyl (C=O) groups is 2. The minimum atomic E-state index is -0.961. The average Bonchev–Trinajstić information content (AvgIpc) is 2.33. The molecule has 1 saturated heterocycles.